The maximum Gasteiger partial charge on any atom is 0.232 e. The van der Waals surface area contributed by atoms with E-state index < -0.39 is 15.9 Å². The molecule has 2 fully saturated rings. The average molecular weight is 785 g/mol. The maximum absolute atomic E-state index is 13.1. The Morgan fingerprint density at radius 3 is 2.29 bits per heavy atom. The Labute approximate surface area is 308 Å². The van der Waals surface area contributed by atoms with Gasteiger partial charge in [0.2, 0.25) is 27.8 Å². The molecule has 6 bridgehead atoms. The fourth-order valence-electron chi connectivity index (χ4n) is 6.86. The average Bonchev–Trinajstić information content (AvgIpc) is 3.11. The van der Waals surface area contributed by atoms with E-state index in [0.29, 0.717) is 52.0 Å². The van der Waals surface area contributed by atoms with Crippen molar-refractivity contribution in [1.29, 1.82) is 0 Å². The molecular weight excluding hydrogens is 738 g/mol. The van der Waals surface area contributed by atoms with Crippen molar-refractivity contribution in [3.05, 3.63) is 52.1 Å². The van der Waals surface area contributed by atoms with Gasteiger partial charge in [-0.05, 0) is 78.0 Å². The van der Waals surface area contributed by atoms with Crippen molar-refractivity contribution in [3.8, 4) is 5.75 Å². The van der Waals surface area contributed by atoms with Crippen LogP contribution >= 0.6 is 15.9 Å². The highest BCUT2D eigenvalue weighted by molar-refractivity contribution is 9.10. The number of amides is 2. The van der Waals surface area contributed by atoms with Gasteiger partial charge < -0.3 is 25.2 Å². The zero-order valence-electron chi connectivity index (χ0n) is 29.5. The molecule has 2 aromatic carbocycles. The van der Waals surface area contributed by atoms with Crippen molar-refractivity contribution in [2.75, 3.05) is 86.6 Å². The number of piperazine rings is 1. The molecule has 5 heterocycles. The fraction of sp³-hybridized carbons (Fsp3) is 0.486. The van der Waals surface area contributed by atoms with Crippen molar-refractivity contribution >= 4 is 72.3 Å². The summed E-state index contributed by atoms with van der Waals surface area (Å²) in [6.07, 6.45) is 5.72. The number of nitrogens with one attached hydrogen (secondary N) is 3. The maximum atomic E-state index is 13.1. The van der Waals surface area contributed by atoms with Gasteiger partial charge in [0, 0.05) is 83.2 Å². The van der Waals surface area contributed by atoms with E-state index in [0.717, 1.165) is 75.2 Å². The van der Waals surface area contributed by atoms with Crippen LogP contribution in [0.25, 0.3) is 0 Å². The lowest BCUT2D eigenvalue weighted by atomic mass is 9.98. The van der Waals surface area contributed by atoms with Crippen LogP contribution in [0.15, 0.2) is 41.0 Å². The monoisotopic (exact) mass is 783 g/mol. The van der Waals surface area contributed by atoms with Crippen molar-refractivity contribution in [1.82, 2.24) is 25.1 Å². The molecule has 0 unspecified atom stereocenters. The molecule has 14 nitrogen and oxygen atoms in total. The van der Waals surface area contributed by atoms with Gasteiger partial charge in [-0.1, -0.05) is 6.07 Å². The van der Waals surface area contributed by atoms with Crippen molar-refractivity contribution in [2.24, 2.45) is 0 Å². The molecule has 4 aliphatic rings. The summed E-state index contributed by atoms with van der Waals surface area (Å²) in [5, 5.41) is 9.11. The first-order valence-electron chi connectivity index (χ1n) is 17.2. The zero-order chi connectivity index (χ0) is 36.3. The van der Waals surface area contributed by atoms with Crippen LogP contribution in [-0.2, 0) is 32.5 Å². The minimum absolute atomic E-state index is 0.0610. The number of aryl methyl sites for hydroxylation is 2. The number of carbonyl (C=O) groups is 2. The van der Waals surface area contributed by atoms with Crippen molar-refractivity contribution in [2.45, 2.75) is 44.6 Å². The van der Waals surface area contributed by atoms with Crippen LogP contribution in [0.1, 0.15) is 36.8 Å². The van der Waals surface area contributed by atoms with Crippen molar-refractivity contribution < 1.29 is 22.7 Å². The number of anilines is 6. The number of likely N-dealkylation sites (N-methyl/N-ethyl adjacent to an activating group) is 1. The smallest absolute Gasteiger partial charge is 0.232 e. The first-order valence-corrected chi connectivity index (χ1v) is 19.9. The lowest BCUT2D eigenvalue weighted by molar-refractivity contribution is -0.130. The largest absolute Gasteiger partial charge is 0.494 e. The Morgan fingerprint density at radius 2 is 1.61 bits per heavy atom. The van der Waals surface area contributed by atoms with Gasteiger partial charge in [0.1, 0.15) is 11.6 Å². The molecule has 0 spiro atoms. The minimum Gasteiger partial charge on any atom is -0.494 e. The topological polar surface area (TPSA) is 152 Å². The number of carbonyl (C=O) groups excluding carboxylic acids is 2. The number of aromatic nitrogens is 2. The summed E-state index contributed by atoms with van der Waals surface area (Å²) in [6.45, 7) is 6.13. The van der Waals surface area contributed by atoms with Crippen molar-refractivity contribution in [3.63, 3.8) is 0 Å². The molecule has 4 aliphatic heterocycles. The van der Waals surface area contributed by atoms with Crippen LogP contribution in [0.5, 0.6) is 5.75 Å². The number of halogens is 1. The van der Waals surface area contributed by atoms with E-state index in [1.54, 1.807) is 25.4 Å². The summed E-state index contributed by atoms with van der Waals surface area (Å²) >= 11 is 3.53. The van der Waals surface area contributed by atoms with E-state index in [1.165, 1.54) is 11.4 Å². The molecule has 0 radical (unpaired) electrons. The molecule has 0 atom stereocenters. The molecule has 51 heavy (non-hydrogen) atoms. The van der Waals surface area contributed by atoms with Gasteiger partial charge in [0.05, 0.1) is 34.9 Å². The highest BCUT2D eigenvalue weighted by atomic mass is 79.9. The van der Waals surface area contributed by atoms with Crippen LogP contribution in [-0.4, -0.2) is 113 Å². The van der Waals surface area contributed by atoms with Gasteiger partial charge in [0.25, 0.3) is 0 Å². The molecule has 0 saturated carbocycles. The van der Waals surface area contributed by atoms with E-state index in [1.807, 2.05) is 18.2 Å². The third-order valence-corrected chi connectivity index (χ3v) is 11.7. The number of methoxy groups -OCH3 is 1. The van der Waals surface area contributed by atoms with Gasteiger partial charge in [-0.2, -0.15) is 4.98 Å². The second-order valence-electron chi connectivity index (χ2n) is 13.4. The number of benzene rings is 2. The summed E-state index contributed by atoms with van der Waals surface area (Å²) in [4.78, 5) is 42.6. The Hall–Kier alpha value is -3.99. The van der Waals surface area contributed by atoms with E-state index in [4.69, 9.17) is 9.72 Å². The second-order valence-corrected chi connectivity index (χ2v) is 16.3. The van der Waals surface area contributed by atoms with Gasteiger partial charge in [-0.3, -0.25) is 24.1 Å². The van der Waals surface area contributed by atoms with Crippen LogP contribution in [0.2, 0.25) is 0 Å². The molecule has 3 N–H and O–H groups in total. The summed E-state index contributed by atoms with van der Waals surface area (Å²) in [5.41, 5.74) is 4.16. The minimum atomic E-state index is -3.63. The lowest BCUT2D eigenvalue weighted by Crippen LogP contribution is -2.52. The predicted molar refractivity (Wildman–Crippen MR) is 203 cm³/mol. The first kappa shape index (κ1) is 36.8. The third-order valence-electron chi connectivity index (χ3n) is 9.94. The zero-order valence-corrected chi connectivity index (χ0v) is 31.9. The molecule has 7 rings (SSSR count). The third kappa shape index (κ3) is 8.91. The number of nitrogens with zero attached hydrogens (tertiary/aromatic N) is 6. The number of imide groups is 1. The normalized spacial score (nSPS) is 18.6. The fourth-order valence-corrected chi connectivity index (χ4v) is 7.66. The Bertz CT molecular complexity index is 1880. The number of rotatable bonds is 5. The highest BCUT2D eigenvalue weighted by Crippen LogP contribution is 2.38. The second kappa shape index (κ2) is 15.7. The standard InChI is InChI=1S/C35H46BrN9O5S/c1-42-15-17-44(18-16-42)25-11-13-45(14-12-25)29-21-31(50-3)28-20-24(29)7-10-33(47)40-32(46)9-6-23-5-8-27(30(19-23)43(2)51(4,48)49)38-34-26(36)22-37-35(39-28)41-34/h5,8,19-22,25H,6-7,9-18H2,1-4H3,(H,40,46,47)(H2,37,38,39,41). The molecule has 2 saturated heterocycles. The number of hydrogen-bond donors (Lipinski definition) is 3. The predicted octanol–water partition coefficient (Wildman–Crippen LogP) is 3.87. The van der Waals surface area contributed by atoms with Gasteiger partial charge >= 0.3 is 0 Å². The molecule has 0 aliphatic carbocycles. The van der Waals surface area contributed by atoms with E-state index >= 15 is 0 Å². The number of sulfonamides is 1. The Balaban J connectivity index is 1.33. The van der Waals surface area contributed by atoms with Gasteiger partial charge in [-0.25, -0.2) is 13.4 Å². The molecular formula is C35H46BrN9O5S. The number of ether oxygens (including phenoxy) is 1. The van der Waals surface area contributed by atoms with Crippen LogP contribution in [0.3, 0.4) is 0 Å². The first-order chi connectivity index (χ1) is 24.4. The van der Waals surface area contributed by atoms with E-state index in [-0.39, 0.29) is 24.7 Å². The van der Waals surface area contributed by atoms with Crippen LogP contribution in [0, 0.1) is 0 Å². The SMILES string of the molecule is COc1cc(N2CCC(N3CCN(C)CC3)CC2)c2cc1Nc1ncc(Br)c(n1)Nc1ccc(cc1N(C)S(C)(=O)=O)CCC(=O)NC(=O)CC2. The molecule has 2 amide bonds. The van der Waals surface area contributed by atoms with Gasteiger partial charge in [-0.15, -0.1) is 0 Å². The number of fused-ring (bicyclic) bond motifs is 8. The lowest BCUT2D eigenvalue weighted by Gasteiger charge is -2.43. The quantitative estimate of drug-likeness (QED) is 0.323. The highest BCUT2D eigenvalue weighted by Gasteiger charge is 2.29. The molecule has 1 aromatic heterocycles. The summed E-state index contributed by atoms with van der Waals surface area (Å²) < 4.78 is 32.8. The Morgan fingerprint density at radius 1 is 0.902 bits per heavy atom. The number of hydrogen-bond acceptors (Lipinski definition) is 12. The summed E-state index contributed by atoms with van der Waals surface area (Å²) in [7, 11) is 1.63. The molecule has 3 aromatic rings. The van der Waals surface area contributed by atoms with Crippen LogP contribution in [0.4, 0.5) is 34.5 Å². The van der Waals surface area contributed by atoms with Crippen LogP contribution < -0.4 is 29.9 Å². The summed E-state index contributed by atoms with van der Waals surface area (Å²) in [5.74, 6) is 0.526. The Kier molecular flexibility index (Phi) is 11.3. The van der Waals surface area contributed by atoms with E-state index in [2.05, 4.69) is 58.6 Å². The van der Waals surface area contributed by atoms with Gasteiger partial charge in [0.15, 0.2) is 0 Å². The number of piperidine rings is 1. The molecule has 274 valence electrons. The van der Waals surface area contributed by atoms with E-state index in [9.17, 15) is 18.0 Å². The molecule has 16 heteroatoms. The summed E-state index contributed by atoms with van der Waals surface area (Å²) in [6, 6.07) is 9.79.